The molecule has 0 bridgehead atoms. The van der Waals surface area contributed by atoms with Crippen molar-refractivity contribution in [2.75, 3.05) is 5.32 Å². The molecule has 0 radical (unpaired) electrons. The molecule has 0 heterocycles. The summed E-state index contributed by atoms with van der Waals surface area (Å²) in [5.74, 6) is -0.146. The van der Waals surface area contributed by atoms with Crippen LogP contribution in [0.5, 0.6) is 0 Å². The number of aryl methyl sites for hydroxylation is 1. The van der Waals surface area contributed by atoms with Crippen molar-refractivity contribution in [2.45, 2.75) is 6.92 Å². The summed E-state index contributed by atoms with van der Waals surface area (Å²) in [6, 6.07) is 15.5. The van der Waals surface area contributed by atoms with Gasteiger partial charge in [0, 0.05) is 10.5 Å². The molecular formula is C16H14BrNO. The van der Waals surface area contributed by atoms with Gasteiger partial charge in [0.05, 0.1) is 5.69 Å². The molecule has 2 nitrogen and oxygen atoms in total. The summed E-state index contributed by atoms with van der Waals surface area (Å²) < 4.78 is 0.868. The second-order valence-electron chi connectivity index (χ2n) is 4.21. The third kappa shape index (κ3) is 4.07. The van der Waals surface area contributed by atoms with Gasteiger partial charge in [0.25, 0.3) is 0 Å². The molecule has 0 unspecified atom stereocenters. The van der Waals surface area contributed by atoms with Gasteiger partial charge in [-0.2, -0.15) is 0 Å². The molecule has 0 saturated carbocycles. The van der Waals surface area contributed by atoms with Crippen molar-refractivity contribution in [1.29, 1.82) is 0 Å². The Kier molecular flexibility index (Phi) is 4.53. The first-order chi connectivity index (χ1) is 9.15. The van der Waals surface area contributed by atoms with Gasteiger partial charge in [-0.25, -0.2) is 0 Å². The molecule has 0 aromatic heterocycles. The lowest BCUT2D eigenvalue weighted by Crippen LogP contribution is -2.07. The van der Waals surface area contributed by atoms with Gasteiger partial charge in [-0.05, 0) is 46.6 Å². The van der Waals surface area contributed by atoms with Crippen LogP contribution < -0.4 is 5.32 Å². The van der Waals surface area contributed by atoms with Crippen molar-refractivity contribution < 1.29 is 4.79 Å². The smallest absolute Gasteiger partial charge is 0.248 e. The van der Waals surface area contributed by atoms with E-state index in [0.29, 0.717) is 0 Å². The van der Waals surface area contributed by atoms with Crippen LogP contribution in [0.2, 0.25) is 0 Å². The molecule has 0 atom stereocenters. The van der Waals surface area contributed by atoms with Gasteiger partial charge in [-0.15, -0.1) is 0 Å². The van der Waals surface area contributed by atoms with Crippen LogP contribution >= 0.6 is 15.9 Å². The predicted molar refractivity (Wildman–Crippen MR) is 83.0 cm³/mol. The molecule has 0 saturated heterocycles. The maximum absolute atomic E-state index is 11.8. The maximum Gasteiger partial charge on any atom is 0.248 e. The normalized spacial score (nSPS) is 10.6. The highest BCUT2D eigenvalue weighted by atomic mass is 79.9. The Morgan fingerprint density at radius 2 is 1.79 bits per heavy atom. The Morgan fingerprint density at radius 1 is 1.11 bits per heavy atom. The Hall–Kier alpha value is -1.87. The third-order valence-electron chi connectivity index (χ3n) is 2.64. The van der Waals surface area contributed by atoms with E-state index in [-0.39, 0.29) is 5.91 Å². The van der Waals surface area contributed by atoms with Gasteiger partial charge in [-0.1, -0.05) is 42.0 Å². The summed E-state index contributed by atoms with van der Waals surface area (Å²) in [5, 5.41) is 2.82. The molecule has 1 N–H and O–H groups in total. The zero-order chi connectivity index (χ0) is 13.7. The van der Waals surface area contributed by atoms with E-state index in [2.05, 4.69) is 21.2 Å². The Bertz CT molecular complexity index is 602. The van der Waals surface area contributed by atoms with Gasteiger partial charge < -0.3 is 5.32 Å². The van der Waals surface area contributed by atoms with Crippen molar-refractivity contribution in [1.82, 2.24) is 0 Å². The molecule has 19 heavy (non-hydrogen) atoms. The quantitative estimate of drug-likeness (QED) is 0.835. The Morgan fingerprint density at radius 3 is 2.47 bits per heavy atom. The van der Waals surface area contributed by atoms with Crippen LogP contribution in [0.3, 0.4) is 0 Å². The summed E-state index contributed by atoms with van der Waals surface area (Å²) in [4.78, 5) is 11.8. The molecular weight excluding hydrogens is 302 g/mol. The minimum Gasteiger partial charge on any atom is -0.321 e. The molecule has 0 fully saturated rings. The topological polar surface area (TPSA) is 29.1 Å². The van der Waals surface area contributed by atoms with Crippen molar-refractivity contribution >= 4 is 33.6 Å². The van der Waals surface area contributed by atoms with Crippen molar-refractivity contribution in [3.8, 4) is 0 Å². The van der Waals surface area contributed by atoms with Crippen molar-refractivity contribution in [2.24, 2.45) is 0 Å². The largest absolute Gasteiger partial charge is 0.321 e. The number of nitrogens with one attached hydrogen (secondary N) is 1. The lowest BCUT2D eigenvalue weighted by molar-refractivity contribution is -0.111. The van der Waals surface area contributed by atoms with Gasteiger partial charge in [0.1, 0.15) is 0 Å². The second kappa shape index (κ2) is 6.34. The van der Waals surface area contributed by atoms with Crippen molar-refractivity contribution in [3.63, 3.8) is 0 Å². The van der Waals surface area contributed by atoms with Crippen LogP contribution in [0, 0.1) is 6.92 Å². The molecule has 2 aromatic carbocycles. The molecule has 0 aliphatic heterocycles. The number of carbonyl (C=O) groups is 1. The lowest BCUT2D eigenvalue weighted by atomic mass is 10.1. The molecule has 96 valence electrons. The number of carbonyl (C=O) groups excluding carboxylic acids is 1. The molecule has 2 rings (SSSR count). The van der Waals surface area contributed by atoms with Crippen LogP contribution in [0.4, 0.5) is 5.69 Å². The van der Waals surface area contributed by atoms with E-state index < -0.39 is 0 Å². The average Bonchev–Trinajstić information content (AvgIpc) is 2.41. The number of benzene rings is 2. The molecule has 2 aromatic rings. The molecule has 3 heteroatoms. The molecule has 1 amide bonds. The number of amides is 1. The van der Waals surface area contributed by atoms with E-state index in [1.165, 1.54) is 11.6 Å². The SMILES string of the molecule is Cc1ccc(C=CC(=O)Nc2ccccc2Br)cc1. The summed E-state index contributed by atoms with van der Waals surface area (Å²) in [6.45, 7) is 2.03. The number of rotatable bonds is 3. The minimum absolute atomic E-state index is 0.146. The van der Waals surface area contributed by atoms with E-state index in [1.54, 1.807) is 6.08 Å². The monoisotopic (exact) mass is 315 g/mol. The number of hydrogen-bond donors (Lipinski definition) is 1. The van der Waals surface area contributed by atoms with Crippen LogP contribution in [-0.4, -0.2) is 5.91 Å². The number of anilines is 1. The van der Waals surface area contributed by atoms with Crippen LogP contribution in [-0.2, 0) is 4.79 Å². The van der Waals surface area contributed by atoms with Crippen LogP contribution in [0.1, 0.15) is 11.1 Å². The average molecular weight is 316 g/mol. The van der Waals surface area contributed by atoms with Crippen molar-refractivity contribution in [3.05, 3.63) is 70.2 Å². The third-order valence-corrected chi connectivity index (χ3v) is 3.33. The fourth-order valence-corrected chi connectivity index (χ4v) is 1.97. The number of halogens is 1. The summed E-state index contributed by atoms with van der Waals surface area (Å²) in [5.41, 5.74) is 2.98. The van der Waals surface area contributed by atoms with Crippen LogP contribution in [0.15, 0.2) is 59.1 Å². The zero-order valence-corrected chi connectivity index (χ0v) is 12.1. The molecule has 0 aliphatic carbocycles. The fraction of sp³-hybridized carbons (Fsp3) is 0.0625. The highest BCUT2D eigenvalue weighted by Gasteiger charge is 2.01. The van der Waals surface area contributed by atoms with E-state index >= 15 is 0 Å². The first kappa shape index (κ1) is 13.6. The summed E-state index contributed by atoms with van der Waals surface area (Å²) in [7, 11) is 0. The van der Waals surface area contributed by atoms with E-state index in [9.17, 15) is 4.79 Å². The van der Waals surface area contributed by atoms with E-state index in [0.717, 1.165) is 15.7 Å². The number of para-hydroxylation sites is 1. The van der Waals surface area contributed by atoms with Gasteiger partial charge in [0.15, 0.2) is 0 Å². The summed E-state index contributed by atoms with van der Waals surface area (Å²) >= 11 is 3.39. The lowest BCUT2D eigenvalue weighted by Gasteiger charge is -2.04. The Labute approximate surface area is 121 Å². The molecule has 0 spiro atoms. The Balaban J connectivity index is 2.02. The predicted octanol–water partition coefficient (Wildman–Crippen LogP) is 4.41. The maximum atomic E-state index is 11.8. The van der Waals surface area contributed by atoms with Gasteiger partial charge in [-0.3, -0.25) is 4.79 Å². The summed E-state index contributed by atoms with van der Waals surface area (Å²) in [6.07, 6.45) is 3.33. The fourth-order valence-electron chi connectivity index (χ4n) is 1.59. The molecule has 0 aliphatic rings. The second-order valence-corrected chi connectivity index (χ2v) is 5.07. The standard InChI is InChI=1S/C16H14BrNO/c1-12-6-8-13(9-7-12)10-11-16(19)18-15-5-3-2-4-14(15)17/h2-11H,1H3,(H,18,19). The van der Waals surface area contributed by atoms with E-state index in [4.69, 9.17) is 0 Å². The van der Waals surface area contributed by atoms with E-state index in [1.807, 2.05) is 55.5 Å². The van der Waals surface area contributed by atoms with Gasteiger partial charge in [0.2, 0.25) is 5.91 Å². The van der Waals surface area contributed by atoms with Crippen LogP contribution in [0.25, 0.3) is 6.08 Å². The zero-order valence-electron chi connectivity index (χ0n) is 10.6. The minimum atomic E-state index is -0.146. The highest BCUT2D eigenvalue weighted by molar-refractivity contribution is 9.10. The first-order valence-electron chi connectivity index (χ1n) is 5.95. The highest BCUT2D eigenvalue weighted by Crippen LogP contribution is 2.21. The van der Waals surface area contributed by atoms with Gasteiger partial charge >= 0.3 is 0 Å². The first-order valence-corrected chi connectivity index (χ1v) is 6.75. The number of hydrogen-bond acceptors (Lipinski definition) is 1.